The van der Waals surface area contributed by atoms with Crippen molar-refractivity contribution < 1.29 is 27.5 Å². The standard InChI is InChI=1S/C12H11F3O3/c1-8(16)18-7-10(11(17)12(13,14)15)9-5-3-2-4-6-9/h2-6,10H,7H2,1H3. The van der Waals surface area contributed by atoms with Crippen molar-refractivity contribution in [2.75, 3.05) is 6.61 Å². The fourth-order valence-corrected chi connectivity index (χ4v) is 1.41. The molecule has 0 saturated heterocycles. The minimum Gasteiger partial charge on any atom is -0.465 e. The summed E-state index contributed by atoms with van der Waals surface area (Å²) < 4.78 is 41.8. The molecule has 1 unspecified atom stereocenters. The molecule has 3 nitrogen and oxygen atoms in total. The Morgan fingerprint density at radius 1 is 1.22 bits per heavy atom. The van der Waals surface area contributed by atoms with Gasteiger partial charge in [0.25, 0.3) is 0 Å². The number of halogens is 3. The van der Waals surface area contributed by atoms with Gasteiger partial charge in [0.15, 0.2) is 0 Å². The number of carbonyl (C=O) groups is 2. The van der Waals surface area contributed by atoms with E-state index in [1.54, 1.807) is 6.07 Å². The van der Waals surface area contributed by atoms with E-state index >= 15 is 0 Å². The van der Waals surface area contributed by atoms with Crippen molar-refractivity contribution in [3.63, 3.8) is 0 Å². The topological polar surface area (TPSA) is 43.4 Å². The molecular formula is C12H11F3O3. The zero-order valence-corrected chi connectivity index (χ0v) is 9.53. The number of benzene rings is 1. The van der Waals surface area contributed by atoms with Crippen molar-refractivity contribution in [2.45, 2.75) is 19.0 Å². The van der Waals surface area contributed by atoms with Gasteiger partial charge in [0.1, 0.15) is 6.61 Å². The third-order valence-corrected chi connectivity index (χ3v) is 2.25. The Labute approximate surface area is 102 Å². The summed E-state index contributed by atoms with van der Waals surface area (Å²) in [6.45, 7) is 0.456. The van der Waals surface area contributed by atoms with Crippen LogP contribution in [0.4, 0.5) is 13.2 Å². The van der Waals surface area contributed by atoms with Crippen molar-refractivity contribution in [3.05, 3.63) is 35.9 Å². The highest BCUT2D eigenvalue weighted by Crippen LogP contribution is 2.27. The maximum absolute atomic E-state index is 12.4. The molecule has 6 heteroatoms. The smallest absolute Gasteiger partial charge is 0.450 e. The molecule has 0 N–H and O–H groups in total. The summed E-state index contributed by atoms with van der Waals surface area (Å²) in [5.41, 5.74) is 0.168. The Hall–Kier alpha value is -1.85. The lowest BCUT2D eigenvalue weighted by Crippen LogP contribution is -2.32. The Morgan fingerprint density at radius 3 is 2.22 bits per heavy atom. The largest absolute Gasteiger partial charge is 0.465 e. The second-order valence-electron chi connectivity index (χ2n) is 3.63. The number of ketones is 1. The van der Waals surface area contributed by atoms with E-state index in [1.165, 1.54) is 24.3 Å². The van der Waals surface area contributed by atoms with Crippen LogP contribution in [0.1, 0.15) is 18.4 Å². The molecule has 0 aliphatic carbocycles. The van der Waals surface area contributed by atoms with Crippen LogP contribution >= 0.6 is 0 Å². The Bertz CT molecular complexity index is 426. The van der Waals surface area contributed by atoms with Crippen LogP contribution in [0.15, 0.2) is 30.3 Å². The molecule has 0 aromatic heterocycles. The molecule has 1 atom stereocenters. The lowest BCUT2D eigenvalue weighted by molar-refractivity contribution is -0.174. The highest BCUT2D eigenvalue weighted by molar-refractivity contribution is 5.90. The van der Waals surface area contributed by atoms with Crippen molar-refractivity contribution in [2.24, 2.45) is 0 Å². The summed E-state index contributed by atoms with van der Waals surface area (Å²) in [6, 6.07) is 7.42. The van der Waals surface area contributed by atoms with Gasteiger partial charge in [-0.05, 0) is 5.56 Å². The van der Waals surface area contributed by atoms with E-state index < -0.39 is 30.5 Å². The molecule has 1 aromatic carbocycles. The summed E-state index contributed by atoms with van der Waals surface area (Å²) in [5.74, 6) is -4.17. The number of rotatable bonds is 4. The number of Topliss-reactive ketones (excluding diaryl/α,β-unsaturated/α-hetero) is 1. The van der Waals surface area contributed by atoms with Gasteiger partial charge in [0.2, 0.25) is 5.78 Å². The minimum atomic E-state index is -4.96. The maximum Gasteiger partial charge on any atom is 0.450 e. The molecule has 0 fully saturated rings. The van der Waals surface area contributed by atoms with Crippen molar-refractivity contribution in [3.8, 4) is 0 Å². The number of ether oxygens (including phenoxy) is 1. The zero-order chi connectivity index (χ0) is 13.8. The first kappa shape index (κ1) is 14.2. The van der Waals surface area contributed by atoms with Gasteiger partial charge >= 0.3 is 12.1 Å². The predicted octanol–water partition coefficient (Wildman–Crippen LogP) is 2.46. The van der Waals surface area contributed by atoms with Crippen molar-refractivity contribution in [1.29, 1.82) is 0 Å². The SMILES string of the molecule is CC(=O)OCC(C(=O)C(F)(F)F)c1ccccc1. The van der Waals surface area contributed by atoms with Gasteiger partial charge in [-0.3, -0.25) is 9.59 Å². The van der Waals surface area contributed by atoms with Crippen molar-refractivity contribution >= 4 is 11.8 Å². The van der Waals surface area contributed by atoms with E-state index in [0.29, 0.717) is 0 Å². The number of esters is 1. The number of hydrogen-bond acceptors (Lipinski definition) is 3. The fraction of sp³-hybridized carbons (Fsp3) is 0.333. The third-order valence-electron chi connectivity index (χ3n) is 2.25. The Balaban J connectivity index is 2.96. The molecule has 0 aliphatic rings. The first-order valence-electron chi connectivity index (χ1n) is 5.11. The molecule has 1 aromatic rings. The lowest BCUT2D eigenvalue weighted by Gasteiger charge is -2.17. The average molecular weight is 260 g/mol. The van der Waals surface area contributed by atoms with Gasteiger partial charge in [0, 0.05) is 6.92 Å². The Morgan fingerprint density at radius 2 is 1.78 bits per heavy atom. The van der Waals surface area contributed by atoms with Gasteiger partial charge in [-0.15, -0.1) is 0 Å². The molecule has 0 heterocycles. The molecule has 18 heavy (non-hydrogen) atoms. The second kappa shape index (κ2) is 5.66. The highest BCUT2D eigenvalue weighted by atomic mass is 19.4. The number of carbonyl (C=O) groups excluding carboxylic acids is 2. The van der Waals surface area contributed by atoms with Crippen LogP contribution in [-0.4, -0.2) is 24.5 Å². The van der Waals surface area contributed by atoms with E-state index in [1.807, 2.05) is 0 Å². The molecule has 0 bridgehead atoms. The quantitative estimate of drug-likeness (QED) is 0.781. The Kier molecular flexibility index (Phi) is 4.47. The highest BCUT2D eigenvalue weighted by Gasteiger charge is 2.44. The van der Waals surface area contributed by atoms with Crippen LogP contribution in [0.25, 0.3) is 0 Å². The van der Waals surface area contributed by atoms with E-state index in [0.717, 1.165) is 6.92 Å². The van der Waals surface area contributed by atoms with Crippen LogP contribution in [0.3, 0.4) is 0 Å². The first-order chi connectivity index (χ1) is 8.32. The maximum atomic E-state index is 12.4. The molecule has 0 radical (unpaired) electrons. The van der Waals surface area contributed by atoms with Crippen LogP contribution < -0.4 is 0 Å². The van der Waals surface area contributed by atoms with Crippen LogP contribution in [0, 0.1) is 0 Å². The van der Waals surface area contributed by atoms with Crippen molar-refractivity contribution in [1.82, 2.24) is 0 Å². The van der Waals surface area contributed by atoms with E-state index in [2.05, 4.69) is 4.74 Å². The first-order valence-corrected chi connectivity index (χ1v) is 5.11. The fourth-order valence-electron chi connectivity index (χ4n) is 1.41. The summed E-state index contributed by atoms with van der Waals surface area (Å²) in [7, 11) is 0. The van der Waals surface area contributed by atoms with Gasteiger partial charge in [-0.25, -0.2) is 0 Å². The summed E-state index contributed by atoms with van der Waals surface area (Å²) in [5, 5.41) is 0. The van der Waals surface area contributed by atoms with E-state index in [9.17, 15) is 22.8 Å². The van der Waals surface area contributed by atoms with Gasteiger partial charge < -0.3 is 4.74 Å². The molecule has 1 rings (SSSR count). The van der Waals surface area contributed by atoms with Gasteiger partial charge in [0.05, 0.1) is 5.92 Å². The average Bonchev–Trinajstić information content (AvgIpc) is 2.29. The molecular weight excluding hydrogens is 249 g/mol. The predicted molar refractivity (Wildman–Crippen MR) is 56.9 cm³/mol. The normalized spacial score (nSPS) is 12.9. The van der Waals surface area contributed by atoms with Gasteiger partial charge in [-0.1, -0.05) is 30.3 Å². The molecule has 98 valence electrons. The zero-order valence-electron chi connectivity index (χ0n) is 9.53. The number of alkyl halides is 3. The van der Waals surface area contributed by atoms with Crippen LogP contribution in [-0.2, 0) is 14.3 Å². The molecule has 0 amide bonds. The van der Waals surface area contributed by atoms with E-state index in [-0.39, 0.29) is 5.56 Å². The molecule has 0 aliphatic heterocycles. The lowest BCUT2D eigenvalue weighted by atomic mass is 9.95. The molecule has 0 saturated carbocycles. The number of hydrogen-bond donors (Lipinski definition) is 0. The summed E-state index contributed by atoms with van der Waals surface area (Å²) in [6.07, 6.45) is -4.96. The molecule has 0 spiro atoms. The van der Waals surface area contributed by atoms with Crippen LogP contribution in [0.2, 0.25) is 0 Å². The van der Waals surface area contributed by atoms with Gasteiger partial charge in [-0.2, -0.15) is 13.2 Å². The summed E-state index contributed by atoms with van der Waals surface area (Å²) in [4.78, 5) is 21.9. The van der Waals surface area contributed by atoms with E-state index in [4.69, 9.17) is 0 Å². The monoisotopic (exact) mass is 260 g/mol. The van der Waals surface area contributed by atoms with Crippen LogP contribution in [0.5, 0.6) is 0 Å². The minimum absolute atomic E-state index is 0.168. The summed E-state index contributed by atoms with van der Waals surface area (Å²) >= 11 is 0. The second-order valence-corrected chi connectivity index (χ2v) is 3.63. The third kappa shape index (κ3) is 3.87.